The Hall–Kier alpha value is -2.69. The lowest BCUT2D eigenvalue weighted by molar-refractivity contribution is 0.0697. The van der Waals surface area contributed by atoms with E-state index in [4.69, 9.17) is 5.11 Å². The fraction of sp³-hybridized carbons (Fsp3) is 0.0667. The van der Waals surface area contributed by atoms with Crippen LogP contribution in [0.4, 0.5) is 4.39 Å². The van der Waals surface area contributed by atoms with Crippen LogP contribution >= 0.6 is 0 Å². The van der Waals surface area contributed by atoms with E-state index in [0.29, 0.717) is 16.7 Å². The molecule has 1 heterocycles. The van der Waals surface area contributed by atoms with Gasteiger partial charge in [-0.15, -0.1) is 0 Å². The lowest BCUT2D eigenvalue weighted by atomic mass is 10.2. The first-order valence-corrected chi connectivity index (χ1v) is 6.03. The van der Waals surface area contributed by atoms with Crippen LogP contribution < -0.4 is 0 Å². The fourth-order valence-electron chi connectivity index (χ4n) is 2.14. The first-order valence-electron chi connectivity index (χ1n) is 6.03. The van der Waals surface area contributed by atoms with Gasteiger partial charge in [-0.3, -0.25) is 4.57 Å². The maximum Gasteiger partial charge on any atom is 0.335 e. The summed E-state index contributed by atoms with van der Waals surface area (Å²) in [6.45, 7) is 1.81. The number of aromatic nitrogens is 2. The molecule has 0 radical (unpaired) electrons. The van der Waals surface area contributed by atoms with Crippen molar-refractivity contribution >= 4 is 17.0 Å². The zero-order valence-electron chi connectivity index (χ0n) is 10.7. The van der Waals surface area contributed by atoms with Crippen molar-refractivity contribution in [2.75, 3.05) is 0 Å². The van der Waals surface area contributed by atoms with Gasteiger partial charge in [-0.25, -0.2) is 14.2 Å². The number of aromatic carboxylic acids is 1. The largest absolute Gasteiger partial charge is 0.478 e. The number of imidazole rings is 1. The molecule has 0 saturated carbocycles. The minimum Gasteiger partial charge on any atom is -0.478 e. The highest BCUT2D eigenvalue weighted by atomic mass is 19.1. The third-order valence-corrected chi connectivity index (χ3v) is 3.16. The molecule has 0 atom stereocenters. The molecular formula is C15H11FN2O2. The molecule has 0 spiro atoms. The van der Waals surface area contributed by atoms with Gasteiger partial charge in [0, 0.05) is 0 Å². The zero-order valence-corrected chi connectivity index (χ0v) is 10.7. The van der Waals surface area contributed by atoms with Crippen LogP contribution in [0.15, 0.2) is 42.7 Å². The molecule has 3 aromatic rings. The highest BCUT2D eigenvalue weighted by Gasteiger charge is 2.11. The molecule has 1 N–H and O–H groups in total. The van der Waals surface area contributed by atoms with Crippen molar-refractivity contribution in [2.24, 2.45) is 0 Å². The summed E-state index contributed by atoms with van der Waals surface area (Å²) in [5.41, 5.74) is 2.50. The Balaban J connectivity index is 2.25. The molecule has 0 aliphatic rings. The van der Waals surface area contributed by atoms with Crippen LogP contribution in [0, 0.1) is 12.7 Å². The number of carbonyl (C=O) groups is 1. The Morgan fingerprint density at radius 3 is 2.75 bits per heavy atom. The van der Waals surface area contributed by atoms with Crippen LogP contribution in [0.3, 0.4) is 0 Å². The summed E-state index contributed by atoms with van der Waals surface area (Å²) >= 11 is 0. The topological polar surface area (TPSA) is 55.1 Å². The standard InChI is InChI=1S/C15H11FN2O2/c1-9-2-5-13(11(16)6-9)18-8-17-12-4-3-10(15(19)20)7-14(12)18/h2-8H,1H3,(H,19,20). The van der Waals surface area contributed by atoms with Crippen LogP contribution in [0.1, 0.15) is 15.9 Å². The highest BCUT2D eigenvalue weighted by molar-refractivity contribution is 5.92. The van der Waals surface area contributed by atoms with E-state index in [1.54, 1.807) is 29.7 Å². The summed E-state index contributed by atoms with van der Waals surface area (Å²) < 4.78 is 15.6. The van der Waals surface area contributed by atoms with Crippen molar-refractivity contribution < 1.29 is 14.3 Å². The Labute approximate surface area is 114 Å². The van der Waals surface area contributed by atoms with Crippen molar-refractivity contribution in [3.8, 4) is 5.69 Å². The average Bonchev–Trinajstić information content (AvgIpc) is 2.81. The van der Waals surface area contributed by atoms with Gasteiger partial charge >= 0.3 is 5.97 Å². The van der Waals surface area contributed by atoms with Gasteiger partial charge in [-0.05, 0) is 42.8 Å². The van der Waals surface area contributed by atoms with E-state index in [0.717, 1.165) is 5.56 Å². The summed E-state index contributed by atoms with van der Waals surface area (Å²) in [6.07, 6.45) is 1.49. The van der Waals surface area contributed by atoms with Gasteiger partial charge in [0.15, 0.2) is 0 Å². The quantitative estimate of drug-likeness (QED) is 0.778. The Morgan fingerprint density at radius 1 is 1.25 bits per heavy atom. The second-order valence-corrected chi connectivity index (χ2v) is 4.58. The van der Waals surface area contributed by atoms with E-state index < -0.39 is 5.97 Å². The number of rotatable bonds is 2. The van der Waals surface area contributed by atoms with Gasteiger partial charge in [-0.1, -0.05) is 6.07 Å². The molecule has 2 aromatic carbocycles. The number of carboxylic acid groups (broad SMARTS) is 1. The van der Waals surface area contributed by atoms with Crippen molar-refractivity contribution in [3.63, 3.8) is 0 Å². The Kier molecular flexibility index (Phi) is 2.75. The lowest BCUT2D eigenvalue weighted by Gasteiger charge is -2.07. The van der Waals surface area contributed by atoms with E-state index in [1.165, 1.54) is 24.5 Å². The molecule has 0 unspecified atom stereocenters. The Morgan fingerprint density at radius 2 is 2.05 bits per heavy atom. The summed E-state index contributed by atoms with van der Waals surface area (Å²) in [6, 6.07) is 9.46. The monoisotopic (exact) mass is 270 g/mol. The minimum atomic E-state index is -1.02. The molecule has 0 aliphatic carbocycles. The third-order valence-electron chi connectivity index (χ3n) is 3.16. The van der Waals surface area contributed by atoms with Gasteiger partial charge in [-0.2, -0.15) is 0 Å². The number of nitrogens with zero attached hydrogens (tertiary/aromatic N) is 2. The Bertz CT molecular complexity index is 824. The highest BCUT2D eigenvalue weighted by Crippen LogP contribution is 2.22. The summed E-state index contributed by atoms with van der Waals surface area (Å²) in [5.74, 6) is -1.39. The molecule has 0 fully saturated rings. The molecule has 1 aromatic heterocycles. The number of hydrogen-bond donors (Lipinski definition) is 1. The predicted molar refractivity (Wildman–Crippen MR) is 72.7 cm³/mol. The second-order valence-electron chi connectivity index (χ2n) is 4.58. The maximum absolute atomic E-state index is 14.0. The van der Waals surface area contributed by atoms with Crippen LogP contribution in [0.25, 0.3) is 16.7 Å². The zero-order chi connectivity index (χ0) is 14.3. The smallest absolute Gasteiger partial charge is 0.335 e. The van der Waals surface area contributed by atoms with Gasteiger partial charge in [0.2, 0.25) is 0 Å². The van der Waals surface area contributed by atoms with Gasteiger partial charge in [0.1, 0.15) is 12.1 Å². The normalized spacial score (nSPS) is 10.9. The molecule has 20 heavy (non-hydrogen) atoms. The van der Waals surface area contributed by atoms with Gasteiger partial charge in [0.05, 0.1) is 22.3 Å². The summed E-state index contributed by atoms with van der Waals surface area (Å²) in [7, 11) is 0. The number of fused-ring (bicyclic) bond motifs is 1. The molecular weight excluding hydrogens is 259 g/mol. The van der Waals surface area contributed by atoms with E-state index in [-0.39, 0.29) is 11.4 Å². The summed E-state index contributed by atoms with van der Waals surface area (Å²) in [4.78, 5) is 15.2. The predicted octanol–water partition coefficient (Wildman–Crippen LogP) is 3.17. The van der Waals surface area contributed by atoms with E-state index in [9.17, 15) is 9.18 Å². The molecule has 0 amide bonds. The van der Waals surface area contributed by atoms with Crippen LogP contribution in [0.5, 0.6) is 0 Å². The van der Waals surface area contributed by atoms with Crippen LogP contribution in [-0.4, -0.2) is 20.6 Å². The first-order chi connectivity index (χ1) is 9.56. The third kappa shape index (κ3) is 1.93. The molecule has 5 heteroatoms. The van der Waals surface area contributed by atoms with Crippen molar-refractivity contribution in [2.45, 2.75) is 6.92 Å². The average molecular weight is 270 g/mol. The number of aryl methyl sites for hydroxylation is 1. The number of halogens is 1. The van der Waals surface area contributed by atoms with E-state index in [1.807, 2.05) is 0 Å². The molecule has 0 aliphatic heterocycles. The molecule has 100 valence electrons. The van der Waals surface area contributed by atoms with Crippen molar-refractivity contribution in [1.29, 1.82) is 0 Å². The van der Waals surface area contributed by atoms with E-state index >= 15 is 0 Å². The molecule has 0 saturated heterocycles. The number of hydrogen-bond acceptors (Lipinski definition) is 2. The van der Waals surface area contributed by atoms with Gasteiger partial charge in [0.25, 0.3) is 0 Å². The lowest BCUT2D eigenvalue weighted by Crippen LogP contribution is -1.99. The first kappa shape index (κ1) is 12.3. The molecule has 0 bridgehead atoms. The minimum absolute atomic E-state index is 0.145. The fourth-order valence-corrected chi connectivity index (χ4v) is 2.14. The van der Waals surface area contributed by atoms with Crippen LogP contribution in [-0.2, 0) is 0 Å². The number of benzene rings is 2. The summed E-state index contributed by atoms with van der Waals surface area (Å²) in [5, 5.41) is 9.03. The van der Waals surface area contributed by atoms with E-state index in [2.05, 4.69) is 4.98 Å². The molecule has 3 rings (SSSR count). The second kappa shape index (κ2) is 4.45. The molecule has 4 nitrogen and oxygen atoms in total. The van der Waals surface area contributed by atoms with Crippen LogP contribution in [0.2, 0.25) is 0 Å². The maximum atomic E-state index is 14.0. The van der Waals surface area contributed by atoms with Crippen molar-refractivity contribution in [3.05, 3.63) is 59.7 Å². The SMILES string of the molecule is Cc1ccc(-n2cnc3ccc(C(=O)O)cc32)c(F)c1. The van der Waals surface area contributed by atoms with Crippen molar-refractivity contribution in [1.82, 2.24) is 9.55 Å². The number of carboxylic acids is 1. The van der Waals surface area contributed by atoms with Gasteiger partial charge < -0.3 is 5.11 Å².